The number of nitrogens with one attached hydrogen (secondary N) is 1. The van der Waals surface area contributed by atoms with Gasteiger partial charge in [-0.05, 0) is 25.5 Å². The van der Waals surface area contributed by atoms with Crippen LogP contribution >= 0.6 is 0 Å². The zero-order valence-electron chi connectivity index (χ0n) is 15.3. The van der Waals surface area contributed by atoms with Crippen LogP contribution in [-0.4, -0.2) is 42.2 Å². The van der Waals surface area contributed by atoms with Crippen molar-refractivity contribution in [1.82, 2.24) is 15.3 Å². The van der Waals surface area contributed by atoms with Gasteiger partial charge in [-0.15, -0.1) is 0 Å². The summed E-state index contributed by atoms with van der Waals surface area (Å²) in [5.74, 6) is 1.27. The Morgan fingerprint density at radius 3 is 2.68 bits per heavy atom. The molecule has 1 fully saturated rings. The molecule has 1 aromatic heterocycles. The molecular weight excluding hydrogens is 312 g/mol. The molecule has 3 N–H and O–H groups in total. The summed E-state index contributed by atoms with van der Waals surface area (Å²) < 4.78 is 0. The number of nitrogens with zero attached hydrogens (tertiary/aromatic N) is 4. The van der Waals surface area contributed by atoms with Gasteiger partial charge in [0.05, 0.1) is 11.7 Å². The molecule has 134 valence electrons. The molecule has 0 bridgehead atoms. The van der Waals surface area contributed by atoms with Gasteiger partial charge in [-0.2, -0.15) is 4.98 Å². The molecule has 0 amide bonds. The van der Waals surface area contributed by atoms with Crippen LogP contribution in [0.5, 0.6) is 0 Å². The first-order valence-electron chi connectivity index (χ1n) is 8.96. The summed E-state index contributed by atoms with van der Waals surface area (Å²) >= 11 is 0. The van der Waals surface area contributed by atoms with Crippen LogP contribution in [0.3, 0.4) is 0 Å². The quantitative estimate of drug-likeness (QED) is 0.806. The molecule has 0 radical (unpaired) electrons. The first-order chi connectivity index (χ1) is 12.1. The molecule has 6 nitrogen and oxygen atoms in total. The number of hydrogen-bond donors (Lipinski definition) is 2. The molecule has 6 heteroatoms. The van der Waals surface area contributed by atoms with Crippen LogP contribution in [-0.2, 0) is 6.54 Å². The monoisotopic (exact) mass is 340 g/mol. The highest BCUT2D eigenvalue weighted by molar-refractivity contribution is 5.52. The molecule has 0 aliphatic carbocycles. The van der Waals surface area contributed by atoms with Crippen LogP contribution < -0.4 is 20.9 Å². The Balaban J connectivity index is 1.61. The highest BCUT2D eigenvalue weighted by atomic mass is 15.3. The van der Waals surface area contributed by atoms with Crippen LogP contribution in [0.4, 0.5) is 17.5 Å². The maximum absolute atomic E-state index is 5.91. The molecule has 0 saturated carbocycles. The summed E-state index contributed by atoms with van der Waals surface area (Å²) in [4.78, 5) is 13.4. The number of para-hydroxylation sites is 1. The summed E-state index contributed by atoms with van der Waals surface area (Å²) in [6.07, 6.45) is 1.09. The zero-order valence-corrected chi connectivity index (χ0v) is 15.3. The lowest BCUT2D eigenvalue weighted by molar-refractivity contribution is 0.491. The first-order valence-corrected chi connectivity index (χ1v) is 8.96. The average Bonchev–Trinajstić information content (AvgIpc) is 2.58. The van der Waals surface area contributed by atoms with Crippen molar-refractivity contribution in [3.63, 3.8) is 0 Å². The van der Waals surface area contributed by atoms with Crippen LogP contribution in [0.25, 0.3) is 0 Å². The predicted octanol–water partition coefficient (Wildman–Crippen LogP) is 2.27. The number of anilines is 3. The fraction of sp³-hybridized carbons (Fsp3) is 0.474. The number of rotatable bonds is 7. The number of likely N-dealkylation sites (N-methyl/N-ethyl adjacent to an activating group) is 1. The van der Waals surface area contributed by atoms with Gasteiger partial charge in [-0.1, -0.05) is 25.1 Å². The van der Waals surface area contributed by atoms with Crippen molar-refractivity contribution in [2.24, 2.45) is 0 Å². The van der Waals surface area contributed by atoms with E-state index in [4.69, 9.17) is 5.73 Å². The standard InChI is InChI=1S/C19H28N6/c1-4-14(2)21-11-15-10-18(23-19(20)22-15)25-12-17(13-25)24(3)16-8-6-5-7-9-16/h5-10,14,17,21H,4,11-13H2,1-3H3,(H2,20,22,23)/t14-/m0/s1. The Hall–Kier alpha value is -2.34. The van der Waals surface area contributed by atoms with Crippen molar-refractivity contribution in [3.8, 4) is 0 Å². The van der Waals surface area contributed by atoms with Crippen molar-refractivity contribution in [1.29, 1.82) is 0 Å². The second-order valence-electron chi connectivity index (χ2n) is 6.77. The Bertz CT molecular complexity index is 684. The molecular formula is C19H28N6. The number of nitrogen functional groups attached to an aromatic ring is 1. The molecule has 1 aliphatic heterocycles. The Morgan fingerprint density at radius 2 is 2.00 bits per heavy atom. The maximum atomic E-state index is 5.91. The molecule has 1 atom stereocenters. The Kier molecular flexibility index (Phi) is 5.38. The van der Waals surface area contributed by atoms with Crippen LogP contribution in [0.1, 0.15) is 26.0 Å². The van der Waals surface area contributed by atoms with Crippen molar-refractivity contribution in [3.05, 3.63) is 42.1 Å². The van der Waals surface area contributed by atoms with Gasteiger partial charge in [0.2, 0.25) is 5.95 Å². The normalized spacial score (nSPS) is 15.7. The van der Waals surface area contributed by atoms with Crippen LogP contribution in [0.2, 0.25) is 0 Å². The molecule has 1 saturated heterocycles. The summed E-state index contributed by atoms with van der Waals surface area (Å²) in [5, 5.41) is 3.45. The minimum Gasteiger partial charge on any atom is -0.368 e. The highest BCUT2D eigenvalue weighted by Gasteiger charge is 2.31. The number of benzene rings is 1. The van der Waals surface area contributed by atoms with E-state index < -0.39 is 0 Å². The van der Waals surface area contributed by atoms with E-state index in [-0.39, 0.29) is 0 Å². The van der Waals surface area contributed by atoms with Gasteiger partial charge in [0.15, 0.2) is 0 Å². The van der Waals surface area contributed by atoms with Crippen LogP contribution in [0, 0.1) is 0 Å². The molecule has 0 spiro atoms. The van der Waals surface area contributed by atoms with Crippen LogP contribution in [0.15, 0.2) is 36.4 Å². The third-order valence-corrected chi connectivity index (χ3v) is 4.92. The lowest BCUT2D eigenvalue weighted by Crippen LogP contribution is -2.59. The summed E-state index contributed by atoms with van der Waals surface area (Å²) in [7, 11) is 2.15. The SMILES string of the molecule is CC[C@H](C)NCc1cc(N2CC(N(C)c3ccccc3)C2)nc(N)n1. The molecule has 25 heavy (non-hydrogen) atoms. The largest absolute Gasteiger partial charge is 0.368 e. The Morgan fingerprint density at radius 1 is 1.28 bits per heavy atom. The third-order valence-electron chi connectivity index (χ3n) is 4.92. The van der Waals surface area contributed by atoms with Gasteiger partial charge < -0.3 is 20.9 Å². The minimum absolute atomic E-state index is 0.346. The van der Waals surface area contributed by atoms with E-state index in [1.54, 1.807) is 0 Å². The van der Waals surface area contributed by atoms with E-state index in [0.29, 0.717) is 18.0 Å². The fourth-order valence-corrected chi connectivity index (χ4v) is 2.94. The molecule has 2 heterocycles. The van der Waals surface area contributed by atoms with Crippen molar-refractivity contribution >= 4 is 17.5 Å². The molecule has 0 unspecified atom stereocenters. The molecule has 1 aliphatic rings. The third kappa shape index (κ3) is 4.20. The summed E-state index contributed by atoms with van der Waals surface area (Å²) in [6, 6.07) is 13.5. The van der Waals surface area contributed by atoms with Crippen molar-refractivity contribution in [2.75, 3.05) is 35.7 Å². The van der Waals surface area contributed by atoms with E-state index >= 15 is 0 Å². The lowest BCUT2D eigenvalue weighted by atomic mass is 10.1. The number of nitrogens with two attached hydrogens (primary N) is 1. The van der Waals surface area contributed by atoms with Gasteiger partial charge in [-0.3, -0.25) is 0 Å². The molecule has 1 aromatic carbocycles. The van der Waals surface area contributed by atoms with Gasteiger partial charge >= 0.3 is 0 Å². The topological polar surface area (TPSA) is 70.3 Å². The maximum Gasteiger partial charge on any atom is 0.222 e. The van der Waals surface area contributed by atoms with E-state index in [9.17, 15) is 0 Å². The summed E-state index contributed by atoms with van der Waals surface area (Å²) in [5.41, 5.74) is 8.10. The smallest absolute Gasteiger partial charge is 0.222 e. The van der Waals surface area contributed by atoms with Gasteiger partial charge in [0.1, 0.15) is 5.82 Å². The van der Waals surface area contributed by atoms with E-state index in [1.165, 1.54) is 5.69 Å². The number of aromatic nitrogens is 2. The molecule has 2 aromatic rings. The van der Waals surface area contributed by atoms with E-state index in [1.807, 2.05) is 12.1 Å². The van der Waals surface area contributed by atoms with Gasteiger partial charge in [0, 0.05) is 44.5 Å². The molecule has 3 rings (SSSR count). The average molecular weight is 340 g/mol. The zero-order chi connectivity index (χ0) is 17.8. The van der Waals surface area contributed by atoms with Crippen molar-refractivity contribution in [2.45, 2.75) is 38.9 Å². The van der Waals surface area contributed by atoms with Gasteiger partial charge in [-0.25, -0.2) is 4.98 Å². The van der Waals surface area contributed by atoms with E-state index in [2.05, 4.69) is 70.2 Å². The van der Waals surface area contributed by atoms with E-state index in [0.717, 1.165) is 37.6 Å². The predicted molar refractivity (Wildman–Crippen MR) is 104 cm³/mol. The summed E-state index contributed by atoms with van der Waals surface area (Å²) in [6.45, 7) is 6.95. The lowest BCUT2D eigenvalue weighted by Gasteiger charge is -2.45. The minimum atomic E-state index is 0.346. The Labute approximate surface area is 150 Å². The second kappa shape index (κ2) is 7.70. The second-order valence-corrected chi connectivity index (χ2v) is 6.77. The number of hydrogen-bond acceptors (Lipinski definition) is 6. The van der Waals surface area contributed by atoms with Gasteiger partial charge in [0.25, 0.3) is 0 Å². The van der Waals surface area contributed by atoms with Crippen molar-refractivity contribution < 1.29 is 0 Å². The highest BCUT2D eigenvalue weighted by Crippen LogP contribution is 2.25. The fourth-order valence-electron chi connectivity index (χ4n) is 2.94. The first kappa shape index (κ1) is 17.5.